The van der Waals surface area contributed by atoms with Crippen LogP contribution in [-0.2, 0) is 19.7 Å². The Hall–Kier alpha value is -3.62. The summed E-state index contributed by atoms with van der Waals surface area (Å²) in [7, 11) is 1.32. The third-order valence-electron chi connectivity index (χ3n) is 4.11. The number of benzene rings is 2. The number of nitrogens with zero attached hydrogens (tertiary/aromatic N) is 1. The summed E-state index contributed by atoms with van der Waals surface area (Å²) >= 11 is 0. The molecule has 0 fully saturated rings. The fourth-order valence-electron chi connectivity index (χ4n) is 2.46. The molecular formula is C21H24N2O7. The van der Waals surface area contributed by atoms with Crippen LogP contribution in [0.2, 0.25) is 0 Å². The fraction of sp³-hybridized carbons (Fsp3) is 0.333. The van der Waals surface area contributed by atoms with Gasteiger partial charge in [-0.15, -0.1) is 0 Å². The van der Waals surface area contributed by atoms with Gasteiger partial charge in [0.2, 0.25) is 0 Å². The molecule has 9 heteroatoms. The predicted octanol–water partition coefficient (Wildman–Crippen LogP) is 3.46. The Bertz CT molecular complexity index is 918. The van der Waals surface area contributed by atoms with E-state index in [2.05, 4.69) is 26.1 Å². The van der Waals surface area contributed by atoms with Crippen molar-refractivity contribution in [3.05, 3.63) is 58.1 Å². The van der Waals surface area contributed by atoms with E-state index in [0.29, 0.717) is 5.75 Å². The molecule has 160 valence electrons. The Balaban J connectivity index is 1.82. The van der Waals surface area contributed by atoms with Gasteiger partial charge in [-0.25, -0.2) is 4.79 Å². The van der Waals surface area contributed by atoms with Gasteiger partial charge in [-0.2, -0.15) is 0 Å². The molecule has 0 heterocycles. The van der Waals surface area contributed by atoms with Crippen molar-refractivity contribution in [1.29, 1.82) is 0 Å². The molecule has 0 aliphatic heterocycles. The second kappa shape index (κ2) is 9.73. The number of carbonyl (C=O) groups excluding carboxylic acids is 2. The Kier molecular flexibility index (Phi) is 7.35. The van der Waals surface area contributed by atoms with E-state index in [9.17, 15) is 19.7 Å². The number of nitro groups is 1. The number of methoxy groups -OCH3 is 1. The van der Waals surface area contributed by atoms with E-state index in [1.165, 1.54) is 25.3 Å². The molecule has 1 N–H and O–H groups in total. The van der Waals surface area contributed by atoms with Gasteiger partial charge < -0.3 is 19.5 Å². The average molecular weight is 416 g/mol. The number of hydrogen-bond acceptors (Lipinski definition) is 7. The Morgan fingerprint density at radius 2 is 1.73 bits per heavy atom. The van der Waals surface area contributed by atoms with Gasteiger partial charge in [-0.05, 0) is 29.2 Å². The van der Waals surface area contributed by atoms with Crippen LogP contribution in [-0.4, -0.2) is 37.1 Å². The van der Waals surface area contributed by atoms with Crippen LogP contribution in [0.4, 0.5) is 11.4 Å². The van der Waals surface area contributed by atoms with E-state index in [4.69, 9.17) is 14.2 Å². The average Bonchev–Trinajstić information content (AvgIpc) is 2.70. The number of rotatable bonds is 8. The van der Waals surface area contributed by atoms with E-state index in [-0.39, 0.29) is 29.1 Å². The first-order valence-corrected chi connectivity index (χ1v) is 9.11. The minimum Gasteiger partial charge on any atom is -0.494 e. The quantitative estimate of drug-likeness (QED) is 0.398. The number of non-ortho nitro benzene ring substituents is 1. The van der Waals surface area contributed by atoms with E-state index in [1.54, 1.807) is 12.1 Å². The van der Waals surface area contributed by atoms with Crippen LogP contribution >= 0.6 is 0 Å². The molecule has 0 aliphatic rings. The molecule has 0 aromatic heterocycles. The molecule has 0 radical (unpaired) electrons. The highest BCUT2D eigenvalue weighted by atomic mass is 16.6. The molecule has 2 aromatic carbocycles. The monoisotopic (exact) mass is 416 g/mol. The normalized spacial score (nSPS) is 10.8. The van der Waals surface area contributed by atoms with Crippen molar-refractivity contribution >= 4 is 23.3 Å². The molecule has 9 nitrogen and oxygen atoms in total. The number of amides is 1. The molecule has 0 aliphatic carbocycles. The molecule has 0 atom stereocenters. The lowest BCUT2D eigenvalue weighted by Crippen LogP contribution is -2.23. The second-order valence-corrected chi connectivity index (χ2v) is 7.41. The number of esters is 1. The largest absolute Gasteiger partial charge is 0.494 e. The van der Waals surface area contributed by atoms with Crippen LogP contribution in [0.5, 0.6) is 11.5 Å². The standard InChI is InChI=1S/C21H24N2O7/c1-21(2,3)14-5-8-16(9-6-14)29-13-20(25)30-12-19(24)22-17-10-7-15(23(26)27)11-18(17)28-4/h5-11H,12-13H2,1-4H3,(H,22,24). The summed E-state index contributed by atoms with van der Waals surface area (Å²) in [6.45, 7) is 5.40. The minimum absolute atomic E-state index is 0.0111. The van der Waals surface area contributed by atoms with Crippen molar-refractivity contribution < 1.29 is 28.7 Å². The van der Waals surface area contributed by atoms with Gasteiger partial charge in [-0.1, -0.05) is 32.9 Å². The fourth-order valence-corrected chi connectivity index (χ4v) is 2.46. The SMILES string of the molecule is COc1cc([N+](=O)[O-])ccc1NC(=O)COC(=O)COc1ccc(C(C)(C)C)cc1. The van der Waals surface area contributed by atoms with Gasteiger partial charge in [0.25, 0.3) is 11.6 Å². The zero-order valence-electron chi connectivity index (χ0n) is 17.3. The highest BCUT2D eigenvalue weighted by molar-refractivity contribution is 5.94. The van der Waals surface area contributed by atoms with Gasteiger partial charge in [0.15, 0.2) is 13.2 Å². The van der Waals surface area contributed by atoms with E-state index in [0.717, 1.165) is 5.56 Å². The van der Waals surface area contributed by atoms with Gasteiger partial charge in [0, 0.05) is 6.07 Å². The third-order valence-corrected chi connectivity index (χ3v) is 4.11. The van der Waals surface area contributed by atoms with Crippen LogP contribution in [0.1, 0.15) is 26.3 Å². The lowest BCUT2D eigenvalue weighted by molar-refractivity contribution is -0.384. The topological polar surface area (TPSA) is 117 Å². The predicted molar refractivity (Wildman–Crippen MR) is 110 cm³/mol. The van der Waals surface area contributed by atoms with Crippen molar-refractivity contribution in [2.75, 3.05) is 25.6 Å². The van der Waals surface area contributed by atoms with Crippen LogP contribution in [0, 0.1) is 10.1 Å². The minimum atomic E-state index is -0.708. The number of nitro benzene ring substituents is 1. The maximum Gasteiger partial charge on any atom is 0.344 e. The molecule has 1 amide bonds. The van der Waals surface area contributed by atoms with Gasteiger partial charge in [-0.3, -0.25) is 14.9 Å². The van der Waals surface area contributed by atoms with Crippen molar-refractivity contribution in [2.24, 2.45) is 0 Å². The Labute approximate surface area is 174 Å². The Morgan fingerprint density at radius 1 is 1.07 bits per heavy atom. The van der Waals surface area contributed by atoms with E-state index < -0.39 is 23.4 Å². The summed E-state index contributed by atoms with van der Waals surface area (Å²) in [6, 6.07) is 11.1. The first-order chi connectivity index (χ1) is 14.1. The summed E-state index contributed by atoms with van der Waals surface area (Å²) in [5.74, 6) is -0.698. The number of nitrogens with one attached hydrogen (secondary N) is 1. The molecular weight excluding hydrogens is 392 g/mol. The summed E-state index contributed by atoms with van der Waals surface area (Å²) < 4.78 is 15.3. The molecule has 2 aromatic rings. The highest BCUT2D eigenvalue weighted by Crippen LogP contribution is 2.29. The smallest absolute Gasteiger partial charge is 0.344 e. The van der Waals surface area contributed by atoms with E-state index >= 15 is 0 Å². The molecule has 30 heavy (non-hydrogen) atoms. The summed E-state index contributed by atoms with van der Waals surface area (Å²) in [4.78, 5) is 34.0. The Morgan fingerprint density at radius 3 is 2.30 bits per heavy atom. The second-order valence-electron chi connectivity index (χ2n) is 7.41. The summed E-state index contributed by atoms with van der Waals surface area (Å²) in [5.41, 5.74) is 1.19. The molecule has 0 spiro atoms. The van der Waals surface area contributed by atoms with E-state index in [1.807, 2.05) is 12.1 Å². The number of anilines is 1. The molecule has 0 bridgehead atoms. The van der Waals surface area contributed by atoms with Crippen LogP contribution in [0.15, 0.2) is 42.5 Å². The summed E-state index contributed by atoms with van der Waals surface area (Å²) in [6.07, 6.45) is 0. The van der Waals surface area contributed by atoms with Gasteiger partial charge in [0.1, 0.15) is 11.5 Å². The highest BCUT2D eigenvalue weighted by Gasteiger charge is 2.15. The molecule has 0 unspecified atom stereocenters. The zero-order chi connectivity index (χ0) is 22.3. The van der Waals surface area contributed by atoms with Crippen molar-refractivity contribution in [2.45, 2.75) is 26.2 Å². The molecule has 2 rings (SSSR count). The third kappa shape index (κ3) is 6.47. The first kappa shape index (κ1) is 22.7. The maximum atomic E-state index is 12.0. The summed E-state index contributed by atoms with van der Waals surface area (Å²) in [5, 5.41) is 13.3. The van der Waals surface area contributed by atoms with Gasteiger partial charge in [0.05, 0.1) is 23.8 Å². The maximum absolute atomic E-state index is 12.0. The van der Waals surface area contributed by atoms with Crippen LogP contribution in [0.25, 0.3) is 0 Å². The molecule has 0 saturated heterocycles. The lowest BCUT2D eigenvalue weighted by Gasteiger charge is -2.19. The van der Waals surface area contributed by atoms with Crippen molar-refractivity contribution in [3.8, 4) is 11.5 Å². The number of ether oxygens (including phenoxy) is 3. The first-order valence-electron chi connectivity index (χ1n) is 9.11. The lowest BCUT2D eigenvalue weighted by atomic mass is 9.87. The van der Waals surface area contributed by atoms with Crippen molar-refractivity contribution in [3.63, 3.8) is 0 Å². The molecule has 0 saturated carbocycles. The zero-order valence-corrected chi connectivity index (χ0v) is 17.3. The number of hydrogen-bond donors (Lipinski definition) is 1. The van der Waals surface area contributed by atoms with Gasteiger partial charge >= 0.3 is 5.97 Å². The number of carbonyl (C=O) groups is 2. The van der Waals surface area contributed by atoms with Crippen LogP contribution < -0.4 is 14.8 Å². The van der Waals surface area contributed by atoms with Crippen molar-refractivity contribution in [1.82, 2.24) is 0 Å². The van der Waals surface area contributed by atoms with Crippen LogP contribution in [0.3, 0.4) is 0 Å².